The molecule has 0 aliphatic carbocycles. The summed E-state index contributed by atoms with van der Waals surface area (Å²) >= 11 is 0. The lowest BCUT2D eigenvalue weighted by Crippen LogP contribution is -2.15. The summed E-state index contributed by atoms with van der Waals surface area (Å²) in [5.41, 5.74) is 6.67. The lowest BCUT2D eigenvalue weighted by molar-refractivity contribution is -0.112. The fourth-order valence-electron chi connectivity index (χ4n) is 0.703. The van der Waals surface area contributed by atoms with Crippen LogP contribution in [0.15, 0.2) is 28.0 Å². The van der Waals surface area contributed by atoms with Crippen LogP contribution in [-0.2, 0) is 9.63 Å². The van der Waals surface area contributed by atoms with E-state index in [1.54, 1.807) is 6.07 Å². The SMILES string of the molecule is CO/N=C(/C([NH])=O)c1ccco1. The highest BCUT2D eigenvalue weighted by molar-refractivity contribution is 6.43. The first kappa shape index (κ1) is 8.32. The van der Waals surface area contributed by atoms with Gasteiger partial charge in [-0.1, -0.05) is 5.16 Å². The molecule has 5 nitrogen and oxygen atoms in total. The number of amides is 1. The molecule has 63 valence electrons. The Labute approximate surface area is 68.8 Å². The van der Waals surface area contributed by atoms with E-state index in [1.165, 1.54) is 19.4 Å². The monoisotopic (exact) mass is 167 g/mol. The minimum absolute atomic E-state index is 0.137. The van der Waals surface area contributed by atoms with Gasteiger partial charge < -0.3 is 9.25 Å². The van der Waals surface area contributed by atoms with Gasteiger partial charge in [-0.05, 0) is 12.1 Å². The van der Waals surface area contributed by atoms with Gasteiger partial charge in [0, 0.05) is 0 Å². The Morgan fingerprint density at radius 2 is 2.50 bits per heavy atom. The third-order valence-corrected chi connectivity index (χ3v) is 1.15. The molecule has 1 radical (unpaired) electrons. The van der Waals surface area contributed by atoms with Crippen LogP contribution in [0.25, 0.3) is 0 Å². The minimum Gasteiger partial charge on any atom is -0.462 e. The molecule has 1 heterocycles. The highest BCUT2D eigenvalue weighted by atomic mass is 16.6. The van der Waals surface area contributed by atoms with E-state index < -0.39 is 5.91 Å². The maximum atomic E-state index is 10.6. The minimum atomic E-state index is -0.938. The molecular weight excluding hydrogens is 160 g/mol. The third kappa shape index (κ3) is 1.63. The number of furan rings is 1. The summed E-state index contributed by atoms with van der Waals surface area (Å²) in [6, 6.07) is 3.13. The number of oxime groups is 1. The van der Waals surface area contributed by atoms with Gasteiger partial charge in [0.05, 0.1) is 6.26 Å². The molecule has 1 rings (SSSR count). The molecule has 1 amide bonds. The van der Waals surface area contributed by atoms with Gasteiger partial charge in [0.15, 0.2) is 5.76 Å². The standard InChI is InChI=1S/C7H7N2O3/c1-11-9-6(7(8)10)5-3-2-4-12-5/h2-4,8H,1H3/b9-6+. The van der Waals surface area contributed by atoms with E-state index in [1.807, 2.05) is 0 Å². The molecule has 5 heteroatoms. The summed E-state index contributed by atoms with van der Waals surface area (Å²) in [6.45, 7) is 0. The van der Waals surface area contributed by atoms with E-state index in [9.17, 15) is 4.79 Å². The Bertz CT molecular complexity index is 290. The zero-order valence-corrected chi connectivity index (χ0v) is 6.40. The van der Waals surface area contributed by atoms with Crippen LogP contribution in [0.3, 0.4) is 0 Å². The normalized spacial score (nSPS) is 11.2. The van der Waals surface area contributed by atoms with Crippen molar-refractivity contribution >= 4 is 11.6 Å². The van der Waals surface area contributed by atoms with Crippen molar-refractivity contribution in [2.24, 2.45) is 5.16 Å². The number of carbonyl (C=O) groups is 1. The molecule has 12 heavy (non-hydrogen) atoms. The zero-order valence-electron chi connectivity index (χ0n) is 6.40. The first-order chi connectivity index (χ1) is 5.75. The first-order valence-corrected chi connectivity index (χ1v) is 3.16. The van der Waals surface area contributed by atoms with Crippen molar-refractivity contribution in [3.8, 4) is 0 Å². The second-order valence-corrected chi connectivity index (χ2v) is 1.93. The lowest BCUT2D eigenvalue weighted by atomic mass is 10.3. The number of nitrogens with one attached hydrogen (secondary N) is 1. The van der Waals surface area contributed by atoms with E-state index in [0.29, 0.717) is 0 Å². The van der Waals surface area contributed by atoms with Crippen LogP contribution in [0.5, 0.6) is 0 Å². The molecule has 0 aliphatic rings. The summed E-state index contributed by atoms with van der Waals surface area (Å²) in [6.07, 6.45) is 1.39. The zero-order chi connectivity index (χ0) is 8.97. The quantitative estimate of drug-likeness (QED) is 0.484. The van der Waals surface area contributed by atoms with E-state index in [2.05, 4.69) is 9.99 Å². The Kier molecular flexibility index (Phi) is 2.47. The number of hydrogen-bond donors (Lipinski definition) is 0. The van der Waals surface area contributed by atoms with E-state index >= 15 is 0 Å². The van der Waals surface area contributed by atoms with E-state index in [-0.39, 0.29) is 11.5 Å². The molecule has 0 atom stereocenters. The van der Waals surface area contributed by atoms with Crippen molar-refractivity contribution in [1.29, 1.82) is 0 Å². The van der Waals surface area contributed by atoms with Gasteiger partial charge in [-0.25, -0.2) is 0 Å². The van der Waals surface area contributed by atoms with Crippen LogP contribution < -0.4 is 5.73 Å². The molecule has 1 aromatic rings. The number of carbonyl (C=O) groups excluding carboxylic acids is 1. The Morgan fingerprint density at radius 1 is 1.75 bits per heavy atom. The van der Waals surface area contributed by atoms with Crippen LogP contribution in [0.4, 0.5) is 0 Å². The topological polar surface area (TPSA) is 75.6 Å². The van der Waals surface area contributed by atoms with Gasteiger partial charge in [-0.15, -0.1) is 0 Å². The number of rotatable bonds is 3. The van der Waals surface area contributed by atoms with Crippen molar-refractivity contribution in [3.05, 3.63) is 24.2 Å². The van der Waals surface area contributed by atoms with Gasteiger partial charge in [-0.3, -0.25) is 10.5 Å². The van der Waals surface area contributed by atoms with Crippen LogP contribution in [-0.4, -0.2) is 18.7 Å². The maximum absolute atomic E-state index is 10.6. The maximum Gasteiger partial charge on any atom is 0.295 e. The molecule has 0 saturated carbocycles. The number of hydrogen-bond acceptors (Lipinski definition) is 4. The molecule has 0 fully saturated rings. The molecule has 0 spiro atoms. The average Bonchev–Trinajstić information content (AvgIpc) is 2.51. The van der Waals surface area contributed by atoms with Crippen molar-refractivity contribution in [1.82, 2.24) is 5.73 Å². The second-order valence-electron chi connectivity index (χ2n) is 1.93. The Morgan fingerprint density at radius 3 is 2.92 bits per heavy atom. The van der Waals surface area contributed by atoms with Crippen LogP contribution in [0.1, 0.15) is 5.76 Å². The molecular formula is C7H7N2O3. The van der Waals surface area contributed by atoms with Crippen molar-refractivity contribution < 1.29 is 14.0 Å². The van der Waals surface area contributed by atoms with Crippen molar-refractivity contribution in [2.75, 3.05) is 7.11 Å². The predicted octanol–water partition coefficient (Wildman–Crippen LogP) is 0.440. The van der Waals surface area contributed by atoms with Crippen molar-refractivity contribution in [2.45, 2.75) is 0 Å². The lowest BCUT2D eigenvalue weighted by Gasteiger charge is -1.94. The highest BCUT2D eigenvalue weighted by Gasteiger charge is 2.14. The molecule has 1 aromatic heterocycles. The predicted molar refractivity (Wildman–Crippen MR) is 40.4 cm³/mol. The first-order valence-electron chi connectivity index (χ1n) is 3.16. The Hall–Kier alpha value is -1.78. The number of nitrogens with zero attached hydrogens (tertiary/aromatic N) is 1. The van der Waals surface area contributed by atoms with Gasteiger partial charge in [0.1, 0.15) is 7.11 Å². The molecule has 0 unspecified atom stereocenters. The van der Waals surface area contributed by atoms with Gasteiger partial charge >= 0.3 is 0 Å². The molecule has 0 aromatic carbocycles. The summed E-state index contributed by atoms with van der Waals surface area (Å²) in [7, 11) is 1.30. The highest BCUT2D eigenvalue weighted by Crippen LogP contribution is 2.02. The fraction of sp³-hybridized carbons (Fsp3) is 0.143. The molecule has 0 aliphatic heterocycles. The largest absolute Gasteiger partial charge is 0.462 e. The fourth-order valence-corrected chi connectivity index (χ4v) is 0.703. The molecule has 1 N–H and O–H groups in total. The summed E-state index contributed by atoms with van der Waals surface area (Å²) in [4.78, 5) is 15.0. The van der Waals surface area contributed by atoms with E-state index in [4.69, 9.17) is 10.2 Å². The van der Waals surface area contributed by atoms with Gasteiger partial charge in [0.25, 0.3) is 5.91 Å². The summed E-state index contributed by atoms with van der Waals surface area (Å²) in [5, 5.41) is 3.35. The average molecular weight is 167 g/mol. The molecule has 0 bridgehead atoms. The van der Waals surface area contributed by atoms with Crippen molar-refractivity contribution in [3.63, 3.8) is 0 Å². The van der Waals surface area contributed by atoms with Crippen LogP contribution >= 0.6 is 0 Å². The van der Waals surface area contributed by atoms with Crippen LogP contribution in [0, 0.1) is 0 Å². The van der Waals surface area contributed by atoms with Crippen LogP contribution in [0.2, 0.25) is 0 Å². The third-order valence-electron chi connectivity index (χ3n) is 1.15. The smallest absolute Gasteiger partial charge is 0.295 e. The molecule has 0 saturated heterocycles. The Balaban J connectivity index is 2.96. The van der Waals surface area contributed by atoms with E-state index in [0.717, 1.165) is 0 Å². The van der Waals surface area contributed by atoms with Gasteiger partial charge in [-0.2, -0.15) is 0 Å². The second kappa shape index (κ2) is 3.56. The summed E-state index contributed by atoms with van der Waals surface area (Å²) in [5.74, 6) is -0.705. The van der Waals surface area contributed by atoms with Gasteiger partial charge in [0.2, 0.25) is 5.71 Å². The summed E-state index contributed by atoms with van der Waals surface area (Å²) < 4.78 is 4.86.